The Labute approximate surface area is 114 Å². The number of thiocarbonyl (C=S) groups is 1. The van der Waals surface area contributed by atoms with E-state index in [1.54, 1.807) is 6.08 Å². The zero-order chi connectivity index (χ0) is 12.8. The lowest BCUT2D eigenvalue weighted by Gasteiger charge is -2.25. The molecule has 0 aliphatic heterocycles. The Morgan fingerprint density at radius 2 is 1.94 bits per heavy atom. The van der Waals surface area contributed by atoms with Crippen LogP contribution in [0.2, 0.25) is 0 Å². The van der Waals surface area contributed by atoms with Crippen molar-refractivity contribution in [1.82, 2.24) is 16.2 Å². The molecule has 4 nitrogen and oxygen atoms in total. The minimum Gasteiger partial charge on any atom is -0.359 e. The number of hydrogen-bond acceptors (Lipinski definition) is 3. The standard InChI is InChI=1S/C13H21N3OS/c17-12-8-4-7-11(9-12)15-16-13(18)14-10-5-2-1-3-6-10/h9-10,15H,1-8H2,(H2,14,16,18). The second-order valence-electron chi connectivity index (χ2n) is 5.05. The summed E-state index contributed by atoms with van der Waals surface area (Å²) in [5.41, 5.74) is 6.93. The van der Waals surface area contributed by atoms with Crippen LogP contribution in [0.1, 0.15) is 51.4 Å². The van der Waals surface area contributed by atoms with Crippen molar-refractivity contribution in [1.29, 1.82) is 0 Å². The number of carbonyl (C=O) groups is 1. The van der Waals surface area contributed by atoms with Crippen molar-refractivity contribution in [3.8, 4) is 0 Å². The lowest BCUT2D eigenvalue weighted by Crippen LogP contribution is -2.48. The van der Waals surface area contributed by atoms with E-state index >= 15 is 0 Å². The fraction of sp³-hybridized carbons (Fsp3) is 0.692. The van der Waals surface area contributed by atoms with Crippen LogP contribution in [0.5, 0.6) is 0 Å². The van der Waals surface area contributed by atoms with E-state index in [4.69, 9.17) is 12.2 Å². The lowest BCUT2D eigenvalue weighted by atomic mass is 9.96. The topological polar surface area (TPSA) is 53.2 Å². The molecule has 0 unspecified atom stereocenters. The van der Waals surface area contributed by atoms with Gasteiger partial charge in [0.05, 0.1) is 0 Å². The molecule has 2 aliphatic carbocycles. The van der Waals surface area contributed by atoms with Crippen LogP contribution in [0.3, 0.4) is 0 Å². The molecule has 0 aromatic carbocycles. The molecule has 0 radical (unpaired) electrons. The van der Waals surface area contributed by atoms with Gasteiger partial charge in [0.2, 0.25) is 0 Å². The van der Waals surface area contributed by atoms with Crippen molar-refractivity contribution in [2.75, 3.05) is 0 Å². The maximum atomic E-state index is 11.2. The van der Waals surface area contributed by atoms with Gasteiger partial charge in [0.15, 0.2) is 10.9 Å². The average molecular weight is 267 g/mol. The second kappa shape index (κ2) is 6.73. The average Bonchev–Trinajstić information content (AvgIpc) is 2.38. The normalized spacial score (nSPS) is 21.1. The maximum absolute atomic E-state index is 11.2. The van der Waals surface area contributed by atoms with E-state index in [2.05, 4.69) is 16.2 Å². The predicted octanol–water partition coefficient (Wildman–Crippen LogP) is 1.92. The summed E-state index contributed by atoms with van der Waals surface area (Å²) in [5, 5.41) is 3.94. The van der Waals surface area contributed by atoms with Gasteiger partial charge in [-0.1, -0.05) is 19.3 Å². The van der Waals surface area contributed by atoms with Crippen LogP contribution < -0.4 is 16.2 Å². The molecular weight excluding hydrogens is 246 g/mol. The van der Waals surface area contributed by atoms with Gasteiger partial charge in [-0.2, -0.15) is 0 Å². The van der Waals surface area contributed by atoms with Crippen molar-refractivity contribution in [3.05, 3.63) is 11.8 Å². The highest BCUT2D eigenvalue weighted by molar-refractivity contribution is 7.80. The quantitative estimate of drug-likeness (QED) is 0.539. The molecule has 2 rings (SSSR count). The van der Waals surface area contributed by atoms with Gasteiger partial charge < -0.3 is 10.7 Å². The summed E-state index contributed by atoms with van der Waals surface area (Å²) in [4.78, 5) is 11.2. The predicted molar refractivity (Wildman–Crippen MR) is 75.8 cm³/mol. The van der Waals surface area contributed by atoms with E-state index in [-0.39, 0.29) is 5.78 Å². The van der Waals surface area contributed by atoms with Crippen LogP contribution in [-0.2, 0) is 4.79 Å². The van der Waals surface area contributed by atoms with Gasteiger partial charge in [0.25, 0.3) is 0 Å². The molecule has 1 saturated carbocycles. The van der Waals surface area contributed by atoms with Gasteiger partial charge in [-0.05, 0) is 37.9 Å². The monoisotopic (exact) mass is 267 g/mol. The van der Waals surface area contributed by atoms with E-state index in [9.17, 15) is 4.79 Å². The summed E-state index contributed by atoms with van der Waals surface area (Å²) in [6, 6.07) is 0.502. The van der Waals surface area contributed by atoms with E-state index in [0.717, 1.165) is 18.5 Å². The summed E-state index contributed by atoms with van der Waals surface area (Å²) < 4.78 is 0. The molecule has 0 aromatic heterocycles. The molecule has 0 saturated heterocycles. The van der Waals surface area contributed by atoms with Crippen molar-refractivity contribution in [3.63, 3.8) is 0 Å². The summed E-state index contributed by atoms with van der Waals surface area (Å²) in [5.74, 6) is 0.191. The molecule has 100 valence electrons. The molecule has 0 amide bonds. The maximum Gasteiger partial charge on any atom is 0.185 e. The highest BCUT2D eigenvalue weighted by Crippen LogP contribution is 2.17. The highest BCUT2D eigenvalue weighted by atomic mass is 32.1. The first kappa shape index (κ1) is 13.3. The molecule has 0 bridgehead atoms. The van der Waals surface area contributed by atoms with Gasteiger partial charge in [0, 0.05) is 24.2 Å². The molecule has 0 atom stereocenters. The lowest BCUT2D eigenvalue weighted by molar-refractivity contribution is -0.115. The van der Waals surface area contributed by atoms with E-state index in [1.807, 2.05) is 0 Å². The van der Waals surface area contributed by atoms with E-state index in [1.165, 1.54) is 32.1 Å². The first-order valence-electron chi connectivity index (χ1n) is 6.80. The summed E-state index contributed by atoms with van der Waals surface area (Å²) in [6.45, 7) is 0. The Kier molecular flexibility index (Phi) is 4.99. The first-order valence-corrected chi connectivity index (χ1v) is 7.21. The van der Waals surface area contributed by atoms with Crippen molar-refractivity contribution in [2.45, 2.75) is 57.4 Å². The number of rotatable bonds is 3. The Balaban J connectivity index is 1.69. The Hall–Kier alpha value is -1.10. The smallest absolute Gasteiger partial charge is 0.185 e. The van der Waals surface area contributed by atoms with Crippen molar-refractivity contribution in [2.24, 2.45) is 0 Å². The molecular formula is C13H21N3OS. The zero-order valence-corrected chi connectivity index (χ0v) is 11.4. The number of hydrogen-bond donors (Lipinski definition) is 3. The summed E-state index contributed by atoms with van der Waals surface area (Å²) >= 11 is 5.24. The van der Waals surface area contributed by atoms with Crippen LogP contribution in [-0.4, -0.2) is 16.9 Å². The second-order valence-corrected chi connectivity index (χ2v) is 5.46. The third-order valence-electron chi connectivity index (χ3n) is 3.48. The van der Waals surface area contributed by atoms with Crippen LogP contribution in [0.15, 0.2) is 11.8 Å². The number of allylic oxidation sites excluding steroid dienone is 2. The Bertz CT molecular complexity index is 348. The molecule has 18 heavy (non-hydrogen) atoms. The largest absolute Gasteiger partial charge is 0.359 e. The zero-order valence-electron chi connectivity index (χ0n) is 10.6. The van der Waals surface area contributed by atoms with E-state index in [0.29, 0.717) is 17.6 Å². The fourth-order valence-corrected chi connectivity index (χ4v) is 2.71. The van der Waals surface area contributed by atoms with Crippen molar-refractivity contribution >= 4 is 23.1 Å². The van der Waals surface area contributed by atoms with Gasteiger partial charge >= 0.3 is 0 Å². The molecule has 3 N–H and O–H groups in total. The molecule has 0 spiro atoms. The van der Waals surface area contributed by atoms with Gasteiger partial charge in [-0.3, -0.25) is 10.2 Å². The minimum atomic E-state index is 0.191. The summed E-state index contributed by atoms with van der Waals surface area (Å²) in [7, 11) is 0. The number of hydrazine groups is 1. The number of carbonyl (C=O) groups excluding carboxylic acids is 1. The van der Waals surface area contributed by atoms with Crippen LogP contribution in [0, 0.1) is 0 Å². The third-order valence-corrected chi connectivity index (χ3v) is 3.70. The third kappa shape index (κ3) is 4.29. The number of nitrogens with one attached hydrogen (secondary N) is 3. The van der Waals surface area contributed by atoms with Crippen molar-refractivity contribution < 1.29 is 4.79 Å². The Morgan fingerprint density at radius 3 is 2.67 bits per heavy atom. The van der Waals surface area contributed by atoms with Crippen LogP contribution >= 0.6 is 12.2 Å². The molecule has 2 aliphatic rings. The molecule has 0 aromatic rings. The van der Waals surface area contributed by atoms with Gasteiger partial charge in [-0.15, -0.1) is 0 Å². The van der Waals surface area contributed by atoms with Gasteiger partial charge in [0.1, 0.15) is 0 Å². The first-order chi connectivity index (χ1) is 8.74. The SMILES string of the molecule is O=C1C=C(NNC(=S)NC2CCCCC2)CCC1. The van der Waals surface area contributed by atoms with Crippen LogP contribution in [0.25, 0.3) is 0 Å². The Morgan fingerprint density at radius 1 is 1.17 bits per heavy atom. The van der Waals surface area contributed by atoms with Crippen LogP contribution in [0.4, 0.5) is 0 Å². The molecule has 5 heteroatoms. The number of ketones is 1. The minimum absolute atomic E-state index is 0.191. The van der Waals surface area contributed by atoms with E-state index < -0.39 is 0 Å². The molecule has 0 heterocycles. The molecule has 1 fully saturated rings. The van der Waals surface area contributed by atoms with Gasteiger partial charge in [-0.25, -0.2) is 0 Å². The fourth-order valence-electron chi connectivity index (χ4n) is 2.50. The summed E-state index contributed by atoms with van der Waals surface area (Å²) in [6.07, 6.45) is 10.5. The highest BCUT2D eigenvalue weighted by Gasteiger charge is 2.14.